The van der Waals surface area contributed by atoms with E-state index in [4.69, 9.17) is 0 Å². The van der Waals surface area contributed by atoms with Gasteiger partial charge in [0.15, 0.2) is 6.61 Å². The van der Waals surface area contributed by atoms with E-state index in [0.29, 0.717) is 5.56 Å². The molecule has 0 aliphatic heterocycles. The normalized spacial score (nSPS) is 12.7. The van der Waals surface area contributed by atoms with Gasteiger partial charge in [-0.15, -0.1) is 0 Å². The number of nitrogens with zero attached hydrogens (tertiary/aromatic N) is 3. The number of alkyl halides is 3. The summed E-state index contributed by atoms with van der Waals surface area (Å²) >= 11 is 0. The molecule has 0 saturated carbocycles. The molecule has 2 rings (SSSR count). The molecule has 0 saturated heterocycles. The Morgan fingerprint density at radius 1 is 1.43 bits per heavy atom. The van der Waals surface area contributed by atoms with Crippen LogP contribution in [0.25, 0.3) is 0 Å². The fourth-order valence-corrected chi connectivity index (χ4v) is 1.76. The molecule has 9 heteroatoms. The molecule has 0 radical (unpaired) electrons. The summed E-state index contributed by atoms with van der Waals surface area (Å²) in [4.78, 5) is 15.7. The second-order valence-electron chi connectivity index (χ2n) is 4.79. The Kier molecular flexibility index (Phi) is 5.20. The smallest absolute Gasteiger partial charge is 0.422 e. The Labute approximate surface area is 130 Å². The Bertz CT molecular complexity index is 644. The van der Waals surface area contributed by atoms with Gasteiger partial charge in [-0.3, -0.25) is 9.48 Å². The SMILES string of the molecule is CC(C(=O)NCc1ccnc(OCC(F)(F)F)c1)n1cccn1. The number of carbonyl (C=O) groups excluding carboxylic acids is 1. The van der Waals surface area contributed by atoms with E-state index in [1.807, 2.05) is 0 Å². The summed E-state index contributed by atoms with van der Waals surface area (Å²) in [5, 5.41) is 6.65. The molecule has 1 amide bonds. The summed E-state index contributed by atoms with van der Waals surface area (Å²) in [5.74, 6) is -0.405. The quantitative estimate of drug-likeness (QED) is 0.882. The minimum absolute atomic E-state index is 0.144. The van der Waals surface area contributed by atoms with Crippen molar-refractivity contribution in [2.45, 2.75) is 25.7 Å². The number of hydrogen-bond acceptors (Lipinski definition) is 4. The molecule has 23 heavy (non-hydrogen) atoms. The summed E-state index contributed by atoms with van der Waals surface area (Å²) in [5.41, 5.74) is 0.582. The molecule has 0 aliphatic rings. The molecule has 0 spiro atoms. The number of nitrogens with one attached hydrogen (secondary N) is 1. The van der Waals surface area contributed by atoms with Crippen LogP contribution >= 0.6 is 0 Å². The third-order valence-corrected chi connectivity index (χ3v) is 2.95. The van der Waals surface area contributed by atoms with Crippen molar-refractivity contribution in [2.75, 3.05) is 6.61 Å². The number of rotatable bonds is 6. The maximum absolute atomic E-state index is 12.1. The zero-order chi connectivity index (χ0) is 16.9. The zero-order valence-electron chi connectivity index (χ0n) is 12.2. The molecule has 1 unspecified atom stereocenters. The molecule has 0 fully saturated rings. The summed E-state index contributed by atoms with van der Waals surface area (Å²) in [7, 11) is 0. The summed E-state index contributed by atoms with van der Waals surface area (Å²) in [6.45, 7) is 0.425. The minimum atomic E-state index is -4.43. The number of amides is 1. The molecule has 2 heterocycles. The van der Waals surface area contributed by atoms with Crippen molar-refractivity contribution < 1.29 is 22.7 Å². The first-order valence-corrected chi connectivity index (χ1v) is 6.76. The highest BCUT2D eigenvalue weighted by Gasteiger charge is 2.28. The van der Waals surface area contributed by atoms with Gasteiger partial charge in [0.2, 0.25) is 11.8 Å². The topological polar surface area (TPSA) is 69.0 Å². The van der Waals surface area contributed by atoms with Crippen molar-refractivity contribution in [1.29, 1.82) is 0 Å². The lowest BCUT2D eigenvalue weighted by Gasteiger charge is -2.13. The van der Waals surface area contributed by atoms with E-state index in [1.54, 1.807) is 31.5 Å². The van der Waals surface area contributed by atoms with Gasteiger partial charge in [0.05, 0.1) is 0 Å². The summed E-state index contributed by atoms with van der Waals surface area (Å²) in [6, 6.07) is 4.15. The third kappa shape index (κ3) is 5.28. The van der Waals surface area contributed by atoms with E-state index in [1.165, 1.54) is 16.9 Å². The Hall–Kier alpha value is -2.58. The number of hydrogen-bond donors (Lipinski definition) is 1. The van der Waals surface area contributed by atoms with Crippen molar-refractivity contribution in [3.05, 3.63) is 42.4 Å². The second kappa shape index (κ2) is 7.12. The van der Waals surface area contributed by atoms with Crippen LogP contribution in [0.5, 0.6) is 5.88 Å². The maximum Gasteiger partial charge on any atom is 0.422 e. The lowest BCUT2D eigenvalue weighted by atomic mass is 10.2. The molecule has 124 valence electrons. The van der Waals surface area contributed by atoms with Crippen LogP contribution in [-0.2, 0) is 11.3 Å². The molecule has 0 aromatic carbocycles. The van der Waals surface area contributed by atoms with Gasteiger partial charge in [-0.1, -0.05) is 0 Å². The fraction of sp³-hybridized carbons (Fsp3) is 0.357. The number of halogens is 3. The Balaban J connectivity index is 1.89. The standard InChI is InChI=1S/C14H15F3N4O2/c1-10(21-6-2-4-20-21)13(22)19-8-11-3-5-18-12(7-11)23-9-14(15,16)17/h2-7,10H,8-9H2,1H3,(H,19,22). The van der Waals surface area contributed by atoms with E-state index in [0.717, 1.165) is 0 Å². The highest BCUT2D eigenvalue weighted by Crippen LogP contribution is 2.17. The molecule has 2 aromatic rings. The van der Waals surface area contributed by atoms with E-state index >= 15 is 0 Å². The van der Waals surface area contributed by atoms with Crippen molar-refractivity contribution in [1.82, 2.24) is 20.1 Å². The highest BCUT2D eigenvalue weighted by atomic mass is 19.4. The second-order valence-corrected chi connectivity index (χ2v) is 4.79. The predicted octanol–water partition coefficient (Wildman–Crippen LogP) is 2.10. The van der Waals surface area contributed by atoms with Gasteiger partial charge < -0.3 is 10.1 Å². The Morgan fingerprint density at radius 3 is 2.87 bits per heavy atom. The summed E-state index contributed by atoms with van der Waals surface area (Å²) in [6.07, 6.45) is 0.131. The van der Waals surface area contributed by atoms with E-state index < -0.39 is 18.8 Å². The predicted molar refractivity (Wildman–Crippen MR) is 74.6 cm³/mol. The van der Waals surface area contributed by atoms with Gasteiger partial charge in [-0.25, -0.2) is 4.98 Å². The first-order valence-electron chi connectivity index (χ1n) is 6.76. The van der Waals surface area contributed by atoms with E-state index in [2.05, 4.69) is 20.1 Å². The average molecular weight is 328 g/mol. The first kappa shape index (κ1) is 16.8. The number of pyridine rings is 1. The van der Waals surface area contributed by atoms with Crippen LogP contribution in [-0.4, -0.2) is 33.5 Å². The largest absolute Gasteiger partial charge is 0.468 e. The van der Waals surface area contributed by atoms with Crippen LogP contribution in [0.2, 0.25) is 0 Å². The number of ether oxygens (including phenoxy) is 1. The molecule has 1 N–H and O–H groups in total. The van der Waals surface area contributed by atoms with E-state index in [-0.39, 0.29) is 18.3 Å². The van der Waals surface area contributed by atoms with Gasteiger partial charge in [0.25, 0.3) is 0 Å². The fourth-order valence-electron chi connectivity index (χ4n) is 1.76. The number of carbonyl (C=O) groups is 1. The molecule has 0 bridgehead atoms. The van der Waals surface area contributed by atoms with Gasteiger partial charge in [-0.2, -0.15) is 18.3 Å². The van der Waals surface area contributed by atoms with Crippen LogP contribution < -0.4 is 10.1 Å². The highest BCUT2D eigenvalue weighted by molar-refractivity contribution is 5.79. The minimum Gasteiger partial charge on any atom is -0.468 e. The van der Waals surface area contributed by atoms with Crippen LogP contribution in [0.3, 0.4) is 0 Å². The summed E-state index contributed by atoms with van der Waals surface area (Å²) < 4.78 is 42.4. The van der Waals surface area contributed by atoms with Crippen LogP contribution in [0.4, 0.5) is 13.2 Å². The van der Waals surface area contributed by atoms with Crippen molar-refractivity contribution in [3.8, 4) is 5.88 Å². The lowest BCUT2D eigenvalue weighted by Crippen LogP contribution is -2.30. The lowest BCUT2D eigenvalue weighted by molar-refractivity contribution is -0.154. The molecular weight excluding hydrogens is 313 g/mol. The van der Waals surface area contributed by atoms with Crippen molar-refractivity contribution >= 4 is 5.91 Å². The molecule has 1 atom stereocenters. The van der Waals surface area contributed by atoms with Crippen molar-refractivity contribution in [2.24, 2.45) is 0 Å². The van der Waals surface area contributed by atoms with Gasteiger partial charge in [-0.05, 0) is 24.6 Å². The monoisotopic (exact) mass is 328 g/mol. The van der Waals surface area contributed by atoms with Gasteiger partial charge in [0, 0.05) is 31.2 Å². The molecule has 2 aromatic heterocycles. The van der Waals surface area contributed by atoms with Crippen molar-refractivity contribution in [3.63, 3.8) is 0 Å². The van der Waals surface area contributed by atoms with Crippen LogP contribution in [0, 0.1) is 0 Å². The molecule has 6 nitrogen and oxygen atoms in total. The van der Waals surface area contributed by atoms with Crippen LogP contribution in [0.15, 0.2) is 36.8 Å². The number of aromatic nitrogens is 3. The maximum atomic E-state index is 12.1. The molecule has 0 aliphatic carbocycles. The van der Waals surface area contributed by atoms with E-state index in [9.17, 15) is 18.0 Å². The third-order valence-electron chi connectivity index (χ3n) is 2.95. The zero-order valence-corrected chi connectivity index (χ0v) is 12.2. The Morgan fingerprint density at radius 2 is 2.22 bits per heavy atom. The molecular formula is C14H15F3N4O2. The van der Waals surface area contributed by atoms with Gasteiger partial charge >= 0.3 is 6.18 Å². The first-order chi connectivity index (χ1) is 10.8. The average Bonchev–Trinajstić information content (AvgIpc) is 3.04. The van der Waals surface area contributed by atoms with Gasteiger partial charge in [0.1, 0.15) is 6.04 Å². The van der Waals surface area contributed by atoms with Crippen LogP contribution in [0.1, 0.15) is 18.5 Å².